The van der Waals surface area contributed by atoms with E-state index in [1.807, 2.05) is 30.3 Å². The monoisotopic (exact) mass is 623 g/mol. The van der Waals surface area contributed by atoms with Crippen molar-refractivity contribution in [2.75, 3.05) is 14.2 Å². The first-order valence-corrected chi connectivity index (χ1v) is 12.6. The number of fused-ring (bicyclic) bond motifs is 2. The molecule has 2 aromatic heterocycles. The molecular weight excluding hydrogens is 601 g/mol. The van der Waals surface area contributed by atoms with Gasteiger partial charge in [-0.3, -0.25) is 4.79 Å². The van der Waals surface area contributed by atoms with Crippen molar-refractivity contribution in [3.05, 3.63) is 86.2 Å². The van der Waals surface area contributed by atoms with Gasteiger partial charge in [-0.2, -0.15) is 9.78 Å². The van der Waals surface area contributed by atoms with Crippen molar-refractivity contribution in [1.82, 2.24) is 9.66 Å². The first kappa shape index (κ1) is 25.5. The lowest BCUT2D eigenvalue weighted by Crippen LogP contribution is -2.25. The molecule has 0 saturated heterocycles. The molecule has 0 radical (unpaired) electrons. The zero-order chi connectivity index (χ0) is 26.8. The summed E-state index contributed by atoms with van der Waals surface area (Å²) in [6.45, 7) is 1.62. The van der Waals surface area contributed by atoms with Gasteiger partial charge in [-0.25, -0.2) is 9.78 Å². The number of rotatable bonds is 7. The van der Waals surface area contributed by atoms with Crippen LogP contribution in [0.3, 0.4) is 0 Å². The van der Waals surface area contributed by atoms with E-state index < -0.39 is 12.1 Å². The second-order valence-electron chi connectivity index (χ2n) is 8.27. The molecular formula is C28H22IN3O6. The Morgan fingerprint density at radius 2 is 1.87 bits per heavy atom. The predicted molar refractivity (Wildman–Crippen MR) is 152 cm³/mol. The van der Waals surface area contributed by atoms with Crippen LogP contribution in [0.25, 0.3) is 33.5 Å². The average molecular weight is 623 g/mol. The molecule has 0 fully saturated rings. The molecule has 0 aliphatic rings. The van der Waals surface area contributed by atoms with Gasteiger partial charge in [0.05, 0.1) is 40.3 Å². The number of esters is 1. The fraction of sp³-hybridized carbons (Fsp3) is 0.143. The number of nitrogens with zero attached hydrogens (tertiary/aromatic N) is 3. The minimum Gasteiger partial charge on any atom is -0.496 e. The van der Waals surface area contributed by atoms with Gasteiger partial charge < -0.3 is 18.6 Å². The lowest BCUT2D eigenvalue weighted by molar-refractivity contribution is -0.147. The summed E-state index contributed by atoms with van der Waals surface area (Å²) in [6.07, 6.45) is 0.806. The lowest BCUT2D eigenvalue weighted by atomic mass is 10.2. The van der Waals surface area contributed by atoms with Crippen molar-refractivity contribution in [2.45, 2.75) is 13.0 Å². The molecule has 1 atom stereocenters. The quantitative estimate of drug-likeness (QED) is 0.139. The van der Waals surface area contributed by atoms with Crippen LogP contribution in [0, 0.1) is 3.57 Å². The van der Waals surface area contributed by atoms with Crippen LogP contribution in [0.1, 0.15) is 12.5 Å². The highest BCUT2D eigenvalue weighted by Crippen LogP contribution is 2.33. The predicted octanol–water partition coefficient (Wildman–Crippen LogP) is 5.25. The van der Waals surface area contributed by atoms with E-state index in [0.29, 0.717) is 39.3 Å². The van der Waals surface area contributed by atoms with E-state index >= 15 is 0 Å². The first-order chi connectivity index (χ1) is 18.4. The van der Waals surface area contributed by atoms with Crippen LogP contribution >= 0.6 is 22.6 Å². The number of benzene rings is 3. The van der Waals surface area contributed by atoms with E-state index in [4.69, 9.17) is 23.6 Å². The van der Waals surface area contributed by atoms with Crippen LogP contribution in [-0.2, 0) is 9.53 Å². The molecule has 0 aliphatic heterocycles. The van der Waals surface area contributed by atoms with Crippen molar-refractivity contribution in [2.24, 2.45) is 5.10 Å². The van der Waals surface area contributed by atoms with Gasteiger partial charge in [-0.1, -0.05) is 18.2 Å². The van der Waals surface area contributed by atoms with Gasteiger partial charge in [0.25, 0.3) is 5.56 Å². The third kappa shape index (κ3) is 4.86. The minimum atomic E-state index is -0.750. The summed E-state index contributed by atoms with van der Waals surface area (Å²) < 4.78 is 23.9. The van der Waals surface area contributed by atoms with Crippen LogP contribution in [0.2, 0.25) is 0 Å². The van der Waals surface area contributed by atoms with Crippen LogP contribution in [0.4, 0.5) is 0 Å². The van der Waals surface area contributed by atoms with Crippen molar-refractivity contribution < 1.29 is 23.4 Å². The summed E-state index contributed by atoms with van der Waals surface area (Å²) in [4.78, 5) is 29.9. The number of methoxy groups -OCH3 is 2. The number of hydrogen-bond acceptors (Lipinski definition) is 8. The summed E-state index contributed by atoms with van der Waals surface area (Å²) in [5.74, 6) is 1.34. The molecule has 5 rings (SSSR count). The van der Waals surface area contributed by atoms with Gasteiger partial charge >= 0.3 is 5.97 Å². The highest BCUT2D eigenvalue weighted by Gasteiger charge is 2.18. The average Bonchev–Trinajstić information content (AvgIpc) is 3.37. The number of para-hydroxylation sites is 1. The number of carbonyl (C=O) groups excluding carboxylic acids is 1. The van der Waals surface area contributed by atoms with Gasteiger partial charge in [0.1, 0.15) is 17.1 Å². The lowest BCUT2D eigenvalue weighted by Gasteiger charge is -2.14. The zero-order valence-corrected chi connectivity index (χ0v) is 22.8. The third-order valence-corrected chi connectivity index (χ3v) is 6.67. The summed E-state index contributed by atoms with van der Waals surface area (Å²) in [7, 11) is 2.90. The fourth-order valence-corrected chi connectivity index (χ4v) is 4.60. The number of halogens is 1. The topological polar surface area (TPSA) is 105 Å². The first-order valence-electron chi connectivity index (χ1n) is 11.6. The second-order valence-corrected chi connectivity index (χ2v) is 9.43. The van der Waals surface area contributed by atoms with Crippen LogP contribution in [0.5, 0.6) is 11.5 Å². The summed E-state index contributed by atoms with van der Waals surface area (Å²) >= 11 is 2.11. The number of aromatic nitrogens is 2. The number of ether oxygens (including phenoxy) is 3. The highest BCUT2D eigenvalue weighted by molar-refractivity contribution is 14.1. The van der Waals surface area contributed by atoms with Gasteiger partial charge in [0.15, 0.2) is 11.9 Å². The Kier molecular flexibility index (Phi) is 7.14. The van der Waals surface area contributed by atoms with Gasteiger partial charge in [-0.05, 0) is 83.6 Å². The highest BCUT2D eigenvalue weighted by atomic mass is 127. The van der Waals surface area contributed by atoms with Crippen molar-refractivity contribution >= 4 is 56.6 Å². The molecule has 5 aromatic rings. The number of carbonyl (C=O) groups is 1. The SMILES string of the molecule is COC(=O)[C@@H](C)Oc1ccc(C=Nn2c(-c3cc4c(OC)cccc4o3)nc3ccccc3c2=O)cc1I. The molecule has 0 spiro atoms. The van der Waals surface area contributed by atoms with Crippen LogP contribution < -0.4 is 15.0 Å². The fourth-order valence-electron chi connectivity index (χ4n) is 3.93. The van der Waals surface area contributed by atoms with E-state index in [9.17, 15) is 9.59 Å². The molecule has 0 unspecified atom stereocenters. The van der Waals surface area contributed by atoms with E-state index in [1.165, 1.54) is 11.8 Å². The largest absolute Gasteiger partial charge is 0.496 e. The standard InChI is InChI=1S/C28H22IN3O6/c1-16(28(34)36-3)37-24-12-11-17(13-20(24)29)15-30-32-26(31-21-8-5-4-7-18(21)27(32)33)25-14-19-22(35-2)9-6-10-23(19)38-25/h4-16H,1-3H3/t16-/m1/s1. The molecule has 0 N–H and O–H groups in total. The molecule has 0 amide bonds. The molecule has 0 bridgehead atoms. The van der Waals surface area contributed by atoms with Crippen molar-refractivity contribution in [1.29, 1.82) is 0 Å². The maximum Gasteiger partial charge on any atom is 0.346 e. The Morgan fingerprint density at radius 1 is 1.05 bits per heavy atom. The maximum atomic E-state index is 13.5. The molecule has 3 aromatic carbocycles. The molecule has 192 valence electrons. The number of hydrogen-bond donors (Lipinski definition) is 0. The Hall–Kier alpha value is -4.19. The van der Waals surface area contributed by atoms with Crippen molar-refractivity contribution in [3.8, 4) is 23.1 Å². The minimum absolute atomic E-state index is 0.254. The number of furan rings is 1. The van der Waals surface area contributed by atoms with E-state index in [0.717, 1.165) is 8.96 Å². The third-order valence-electron chi connectivity index (χ3n) is 5.83. The summed E-state index contributed by atoms with van der Waals surface area (Å²) in [5, 5.41) is 5.68. The van der Waals surface area contributed by atoms with Gasteiger partial charge in [0, 0.05) is 0 Å². The molecule has 0 saturated carbocycles. The Morgan fingerprint density at radius 3 is 2.63 bits per heavy atom. The van der Waals surface area contributed by atoms with Gasteiger partial charge in [0.2, 0.25) is 5.82 Å². The molecule has 10 heteroatoms. The zero-order valence-electron chi connectivity index (χ0n) is 20.7. The Labute approximate surface area is 230 Å². The Bertz CT molecular complexity index is 1760. The van der Waals surface area contributed by atoms with Crippen LogP contribution in [0.15, 0.2) is 81.0 Å². The smallest absolute Gasteiger partial charge is 0.346 e. The summed E-state index contributed by atoms with van der Waals surface area (Å²) in [5.41, 5.74) is 1.51. The molecule has 0 aliphatic carbocycles. The molecule has 2 heterocycles. The normalized spacial score (nSPS) is 12.2. The van der Waals surface area contributed by atoms with E-state index in [1.54, 1.807) is 56.6 Å². The molecule has 9 nitrogen and oxygen atoms in total. The van der Waals surface area contributed by atoms with Crippen molar-refractivity contribution in [3.63, 3.8) is 0 Å². The second kappa shape index (κ2) is 10.7. The molecule has 38 heavy (non-hydrogen) atoms. The van der Waals surface area contributed by atoms with Gasteiger partial charge in [-0.15, -0.1) is 0 Å². The van der Waals surface area contributed by atoms with Crippen LogP contribution in [-0.4, -0.2) is 42.2 Å². The van der Waals surface area contributed by atoms with E-state index in [2.05, 4.69) is 27.7 Å². The maximum absolute atomic E-state index is 13.5. The summed E-state index contributed by atoms with van der Waals surface area (Å²) in [6, 6.07) is 19.7. The Balaban J connectivity index is 1.58. The van der Waals surface area contributed by atoms with E-state index in [-0.39, 0.29) is 11.4 Å².